The van der Waals surface area contributed by atoms with Crippen molar-refractivity contribution >= 4 is 268 Å². The number of benzene rings is 12. The quantitative estimate of drug-likeness (QED) is 0.00418. The number of nitrogens with zero attached hydrogens (tertiary/aromatic N) is 3. The summed E-state index contributed by atoms with van der Waals surface area (Å²) in [5, 5.41) is 41.8. The second kappa shape index (κ2) is 70.5. The number of para-hydroxylation sites is 3. The van der Waals surface area contributed by atoms with E-state index in [1.54, 1.807) is 117 Å². The molecule has 0 aliphatic rings. The van der Waals surface area contributed by atoms with Crippen molar-refractivity contribution in [1.29, 1.82) is 0 Å². The summed E-state index contributed by atoms with van der Waals surface area (Å²) in [7, 11) is 6.95. The number of rotatable bonds is 30. The van der Waals surface area contributed by atoms with Crippen LogP contribution in [-0.2, 0) is 108 Å². The Labute approximate surface area is 992 Å². The molecule has 12 aromatic carbocycles. The minimum Gasteiger partial charge on any atom is -0.870 e. The van der Waals surface area contributed by atoms with Gasteiger partial charge in [-0.1, -0.05) is 299 Å². The SMILES string of the molecule is C.CCOC(=O)Cc1ccccc1OCc1cc(-c2cccc(CN)c2F)c2occc2n1.CCOC(=O)Cc1ccccc1OCc1cc(Br)c2occc2n1.Cl.NCc1cccc(-c2cc(COc3ccccc3CC(=O)O)nc3ccoc23)c1F.NCc1cccc(B(O)O)c1F.O=[C-]OO.[Cl][Pd][Cl].[K].[K].[Li+].[OH-].c1ccc(P(c2ccccc2)c2ccccc2)cc1.c1ccc(P(c2ccccc2)c2ccccc2)cc1. The summed E-state index contributed by atoms with van der Waals surface area (Å²) in [6.07, 6.45) is 4.76. The van der Waals surface area contributed by atoms with Crippen LogP contribution in [0.15, 0.2) is 382 Å². The molecule has 0 atom stereocenters. The Bertz CT molecular complexity index is 6780. The van der Waals surface area contributed by atoms with Crippen LogP contribution >= 0.6 is 63.2 Å². The molecule has 149 heavy (non-hydrogen) atoms. The first-order valence-electron chi connectivity index (χ1n) is 44.4. The summed E-state index contributed by atoms with van der Waals surface area (Å²) < 4.78 is 88.1. The fourth-order valence-electron chi connectivity index (χ4n) is 14.5. The smallest absolute Gasteiger partial charge is 0.870 e. The molecular formula is C111H104BBrCl3F3K2LiN6O18P2Pd-. The van der Waals surface area contributed by atoms with Crippen molar-refractivity contribution in [2.24, 2.45) is 17.2 Å². The van der Waals surface area contributed by atoms with Gasteiger partial charge < -0.3 is 84.4 Å². The minimum atomic E-state index is -1.78. The third-order valence-corrected chi connectivity index (χ3v) is 26.4. The Kier molecular flexibility index (Phi) is 61.4. The van der Waals surface area contributed by atoms with E-state index in [-0.39, 0.29) is 244 Å². The number of fused-ring (bicyclic) bond motifs is 3. The molecule has 0 aliphatic heterocycles. The van der Waals surface area contributed by atoms with Crippen molar-refractivity contribution in [1.82, 2.24) is 15.0 Å². The molecule has 0 bridgehead atoms. The van der Waals surface area contributed by atoms with Gasteiger partial charge in [-0.25, -0.2) is 33.4 Å². The number of carboxylic acid groups (broad SMARTS) is 1. The zero-order chi connectivity index (χ0) is 102. The van der Waals surface area contributed by atoms with Crippen LogP contribution in [0.3, 0.4) is 0 Å². The van der Waals surface area contributed by atoms with Gasteiger partial charge in [-0.2, -0.15) is 0 Å². The normalized spacial score (nSPS) is 10.1. The first kappa shape index (κ1) is 130. The van der Waals surface area contributed by atoms with Gasteiger partial charge in [0.25, 0.3) is 0 Å². The van der Waals surface area contributed by atoms with E-state index in [1.807, 2.05) is 48.5 Å². The molecule has 6 heterocycles. The van der Waals surface area contributed by atoms with Crippen LogP contribution in [-0.4, -0.2) is 188 Å². The van der Waals surface area contributed by atoms with Gasteiger partial charge in [-0.3, -0.25) is 14.4 Å². The van der Waals surface area contributed by atoms with E-state index in [4.69, 9.17) is 98.4 Å². The topological polar surface area (TPSA) is 391 Å². The fourth-order valence-corrected chi connectivity index (χ4v) is 19.7. The number of aromatic nitrogens is 3. The van der Waals surface area contributed by atoms with Gasteiger partial charge in [0.1, 0.15) is 71.1 Å². The van der Waals surface area contributed by atoms with Crippen molar-refractivity contribution in [3.63, 3.8) is 0 Å². The van der Waals surface area contributed by atoms with Gasteiger partial charge in [0.2, 0.25) is 0 Å². The Morgan fingerprint density at radius 1 is 0.416 bits per heavy atom. The number of hydrogen-bond donors (Lipinski definition) is 7. The van der Waals surface area contributed by atoms with Gasteiger partial charge in [0.15, 0.2) is 16.7 Å². The molecule has 18 aromatic rings. The van der Waals surface area contributed by atoms with Crippen LogP contribution in [0.5, 0.6) is 17.2 Å². The van der Waals surface area contributed by atoms with Crippen molar-refractivity contribution in [3.8, 4) is 39.5 Å². The van der Waals surface area contributed by atoms with Gasteiger partial charge in [-0.15, -0.1) is 12.4 Å². The molecule has 0 saturated heterocycles. The van der Waals surface area contributed by atoms with Crippen LogP contribution in [0.2, 0.25) is 0 Å². The van der Waals surface area contributed by atoms with Crippen LogP contribution in [0.25, 0.3) is 55.6 Å². The largest absolute Gasteiger partial charge is 1.00 e. The van der Waals surface area contributed by atoms with Crippen molar-refractivity contribution < 1.29 is 135 Å². The third kappa shape index (κ3) is 39.4. The van der Waals surface area contributed by atoms with E-state index in [0.29, 0.717) is 115 Å². The molecule has 762 valence electrons. The predicted octanol–water partition coefficient (Wildman–Crippen LogP) is 17.2. The van der Waals surface area contributed by atoms with Crippen molar-refractivity contribution in [2.45, 2.75) is 80.0 Å². The van der Waals surface area contributed by atoms with E-state index in [9.17, 15) is 27.6 Å². The number of carbonyl (C=O) groups excluding carboxylic acids is 3. The number of furan rings is 3. The zero-order valence-electron chi connectivity index (χ0n) is 81.0. The molecule has 6 aromatic heterocycles. The number of nitrogens with two attached hydrogens (primary N) is 3. The summed E-state index contributed by atoms with van der Waals surface area (Å²) >= 11 is 3.36. The molecule has 0 fully saturated rings. The number of esters is 2. The van der Waals surface area contributed by atoms with E-state index in [0.717, 1.165) is 33.3 Å². The summed E-state index contributed by atoms with van der Waals surface area (Å²) in [6.45, 7) is 5.71. The van der Waals surface area contributed by atoms with Crippen molar-refractivity contribution in [3.05, 3.63) is 437 Å². The van der Waals surface area contributed by atoms with E-state index >= 15 is 0 Å². The number of pyridine rings is 3. The maximum atomic E-state index is 15.0. The third-order valence-electron chi connectivity index (χ3n) is 20.9. The molecule has 11 N–H and O–H groups in total. The minimum absolute atomic E-state index is 0. The predicted molar refractivity (Wildman–Crippen MR) is 584 cm³/mol. The monoisotopic (exact) mass is 2310 g/mol. The molecular weight excluding hydrogens is 2210 g/mol. The molecule has 2 radical (unpaired) electrons. The van der Waals surface area contributed by atoms with E-state index < -0.39 is 40.6 Å². The van der Waals surface area contributed by atoms with Crippen molar-refractivity contribution in [2.75, 3.05) is 13.2 Å². The number of ether oxygens (including phenoxy) is 5. The van der Waals surface area contributed by atoms with E-state index in [1.165, 1.54) is 62.6 Å². The van der Waals surface area contributed by atoms with Gasteiger partial charge in [0, 0.05) is 202 Å². The van der Waals surface area contributed by atoms with Crippen LogP contribution in [0.1, 0.15) is 71.7 Å². The fraction of sp³-hybridized carbons (Fsp3) is 0.126. The molecule has 0 saturated carbocycles. The Hall–Kier alpha value is -9.69. The van der Waals surface area contributed by atoms with Crippen LogP contribution < -0.4 is 87.6 Å². The van der Waals surface area contributed by atoms with E-state index in [2.05, 4.69) is 218 Å². The Morgan fingerprint density at radius 2 is 0.685 bits per heavy atom. The second-order valence-corrected chi connectivity index (χ2v) is 38.0. The van der Waals surface area contributed by atoms with Gasteiger partial charge in [-0.05, 0) is 120 Å². The second-order valence-electron chi connectivity index (χ2n) is 30.3. The number of carbonyl (C=O) groups is 3. The number of hydrogen-bond acceptors (Lipinski definition) is 23. The molecule has 0 spiro atoms. The van der Waals surface area contributed by atoms with Crippen LogP contribution in [0.4, 0.5) is 13.2 Å². The van der Waals surface area contributed by atoms with Crippen LogP contribution in [0, 0.1) is 17.5 Å². The first-order valence-corrected chi connectivity index (χ1v) is 51.8. The average Bonchev–Trinajstić information content (AvgIpc) is 1.70. The first-order chi connectivity index (χ1) is 69.7. The molecule has 0 aliphatic carbocycles. The molecule has 38 heteroatoms. The maximum absolute atomic E-state index is 15.0. The Balaban J connectivity index is 0.000000314. The molecule has 0 unspecified atom stereocenters. The standard InChI is InChI=1S/C25H23FN2O4.C23H19FN2O4.C18H16BrNO4.2C18H15P.C7H9BFNO2.CHO3.CH4.3ClH.2K.Li.H2O.Pd/c1-2-30-23(29)12-16-6-3-4-9-22(16)32-15-18-13-20(25-21(28-18)10-11-31-25)19-8-5-7-17(14-27)24(19)26;24-22-15(12-25)5-3-6-17(22)18-11-16(26-19-8-9-29-23(18)19)13-30-20-7-2-1-4-14(20)10-21(27)28;1-2-22-17(21)9-12-5-3-4-6-16(12)24-11-13-10-14(19)18-15(20-13)7-8-23-18;2*1-4-10-16(11-5-1)19(17-12-6-2-7-13-17)18-14-8-3-9-15-18;9-7-5(4-10)2-1-3-6(7)8(11)12;2-1-4-3;;;;;;;;;/h3-11,13H,2,12,14-15,27H2,1H3;1-9,11H,10,12-13,25H2,(H,27,28);3-8,10H,2,9,11H2,1H3;2*1-15H;1-3,11-12H,4,10H2;3H;1H4;3*1H;;;;1H2;/q;;;;;;-1;;;;;;;+1;;+2/p-3. The molecule has 24 nitrogen and oxygen atoms in total. The summed E-state index contributed by atoms with van der Waals surface area (Å²) in [6, 6.07) is 111. The molecule has 18 rings (SSSR count). The zero-order valence-corrected chi connectivity index (χ0v) is 94.5. The van der Waals surface area contributed by atoms with Gasteiger partial charge >= 0.3 is 78.9 Å². The maximum Gasteiger partial charge on any atom is 1.00 e. The summed E-state index contributed by atoms with van der Waals surface area (Å²) in [5.41, 5.74) is 27.0. The average molecular weight is 2320 g/mol. The Morgan fingerprint density at radius 3 is 0.980 bits per heavy atom. The number of aliphatic carboxylic acids is 1. The molecule has 0 amide bonds. The number of halogens is 7. The van der Waals surface area contributed by atoms with Gasteiger partial charge in [0.05, 0.1) is 72.8 Å². The summed E-state index contributed by atoms with van der Waals surface area (Å²) in [4.78, 5) is 59.6. The summed E-state index contributed by atoms with van der Waals surface area (Å²) in [5.74, 6) is -1.28. The number of carboxylic acids is 1.